The molecule has 0 aliphatic heterocycles. The van der Waals surface area contributed by atoms with Gasteiger partial charge in [-0.05, 0) is 45.0 Å². The highest BCUT2D eigenvalue weighted by atomic mass is 16.5. The summed E-state index contributed by atoms with van der Waals surface area (Å²) in [7, 11) is 0. The number of benzene rings is 2. The third-order valence-electron chi connectivity index (χ3n) is 3.20. The van der Waals surface area contributed by atoms with Gasteiger partial charge in [-0.2, -0.15) is 0 Å². The average Bonchev–Trinajstić information content (AvgIpc) is 2.43. The Bertz CT molecular complexity index is 492. The number of ether oxygens (including phenoxy) is 1. The molecule has 2 aromatic rings. The van der Waals surface area contributed by atoms with E-state index < -0.39 is 0 Å². The molecule has 2 heteroatoms. The quantitative estimate of drug-likeness (QED) is 0.741. The zero-order valence-electron chi connectivity index (χ0n) is 11.8. The normalized spacial score (nSPS) is 11.9. The molecule has 0 bridgehead atoms. The first-order valence-corrected chi connectivity index (χ1v) is 6.75. The summed E-state index contributed by atoms with van der Waals surface area (Å²) in [5.74, 6) is 0.910. The van der Waals surface area contributed by atoms with E-state index in [1.807, 2.05) is 18.2 Å². The highest BCUT2D eigenvalue weighted by Crippen LogP contribution is 2.19. The number of aryl methyl sites for hydroxylation is 1. The number of para-hydroxylation sites is 1. The monoisotopic (exact) mass is 255 g/mol. The molecule has 1 unspecified atom stereocenters. The van der Waals surface area contributed by atoms with Crippen molar-refractivity contribution in [2.75, 3.05) is 11.4 Å². The van der Waals surface area contributed by atoms with Gasteiger partial charge in [-0.25, -0.2) is 0 Å². The van der Waals surface area contributed by atoms with Crippen molar-refractivity contribution < 1.29 is 4.74 Å². The van der Waals surface area contributed by atoms with E-state index in [-0.39, 0.29) is 6.23 Å². The summed E-state index contributed by atoms with van der Waals surface area (Å²) >= 11 is 0. The van der Waals surface area contributed by atoms with Gasteiger partial charge in [0.2, 0.25) is 0 Å². The van der Waals surface area contributed by atoms with Crippen LogP contribution in [0.3, 0.4) is 0 Å². The number of anilines is 1. The molecular formula is C17H21NO. The lowest BCUT2D eigenvalue weighted by Gasteiger charge is -2.30. The van der Waals surface area contributed by atoms with Crippen LogP contribution in [0.15, 0.2) is 54.6 Å². The number of nitrogens with zero attached hydrogens (tertiary/aromatic N) is 1. The minimum atomic E-state index is 0.00936. The first-order valence-electron chi connectivity index (χ1n) is 6.75. The Morgan fingerprint density at radius 1 is 1.00 bits per heavy atom. The van der Waals surface area contributed by atoms with E-state index in [1.54, 1.807) is 0 Å². The fraction of sp³-hybridized carbons (Fsp3) is 0.294. The third kappa shape index (κ3) is 3.50. The second-order valence-electron chi connectivity index (χ2n) is 4.65. The molecule has 0 aliphatic carbocycles. The summed E-state index contributed by atoms with van der Waals surface area (Å²) in [6, 6.07) is 18.5. The van der Waals surface area contributed by atoms with Gasteiger partial charge in [0.25, 0.3) is 0 Å². The molecule has 0 saturated heterocycles. The zero-order chi connectivity index (χ0) is 13.7. The second-order valence-corrected chi connectivity index (χ2v) is 4.65. The van der Waals surface area contributed by atoms with E-state index in [0.29, 0.717) is 0 Å². The highest BCUT2D eigenvalue weighted by Gasteiger charge is 2.13. The van der Waals surface area contributed by atoms with Crippen molar-refractivity contribution in [3.8, 4) is 5.75 Å². The van der Waals surface area contributed by atoms with E-state index in [0.717, 1.165) is 12.3 Å². The Hall–Kier alpha value is -1.96. The van der Waals surface area contributed by atoms with Gasteiger partial charge < -0.3 is 9.64 Å². The molecule has 0 saturated carbocycles. The number of hydrogen-bond acceptors (Lipinski definition) is 2. The predicted molar refractivity (Wildman–Crippen MR) is 80.7 cm³/mol. The lowest BCUT2D eigenvalue weighted by molar-refractivity contribution is 0.216. The summed E-state index contributed by atoms with van der Waals surface area (Å²) < 4.78 is 6.00. The fourth-order valence-corrected chi connectivity index (χ4v) is 2.15. The zero-order valence-corrected chi connectivity index (χ0v) is 11.8. The van der Waals surface area contributed by atoms with Crippen LogP contribution in [0.5, 0.6) is 5.75 Å². The Morgan fingerprint density at radius 2 is 1.63 bits per heavy atom. The Labute approximate surface area is 115 Å². The van der Waals surface area contributed by atoms with Crippen LogP contribution in [0.4, 0.5) is 5.69 Å². The van der Waals surface area contributed by atoms with Gasteiger partial charge in [0.15, 0.2) is 6.23 Å². The molecule has 100 valence electrons. The van der Waals surface area contributed by atoms with Gasteiger partial charge in [0.1, 0.15) is 5.75 Å². The molecule has 0 amide bonds. The molecule has 1 atom stereocenters. The van der Waals surface area contributed by atoms with Crippen molar-refractivity contribution in [1.29, 1.82) is 0 Å². The van der Waals surface area contributed by atoms with Crippen LogP contribution >= 0.6 is 0 Å². The molecule has 0 N–H and O–H groups in total. The van der Waals surface area contributed by atoms with E-state index >= 15 is 0 Å². The van der Waals surface area contributed by atoms with Gasteiger partial charge in [-0.1, -0.05) is 35.9 Å². The van der Waals surface area contributed by atoms with Crippen molar-refractivity contribution in [2.45, 2.75) is 27.0 Å². The average molecular weight is 255 g/mol. The SMILES string of the molecule is CCN(c1ccccc1)C(C)Oc1ccc(C)cc1. The maximum atomic E-state index is 6.00. The highest BCUT2D eigenvalue weighted by molar-refractivity contribution is 5.46. The summed E-state index contributed by atoms with van der Waals surface area (Å²) in [6.45, 7) is 7.21. The molecule has 2 rings (SSSR count). The molecule has 0 aromatic heterocycles. The molecule has 2 nitrogen and oxygen atoms in total. The van der Waals surface area contributed by atoms with E-state index in [2.05, 4.69) is 62.1 Å². The van der Waals surface area contributed by atoms with Gasteiger partial charge >= 0.3 is 0 Å². The third-order valence-corrected chi connectivity index (χ3v) is 3.20. The van der Waals surface area contributed by atoms with Crippen molar-refractivity contribution in [2.24, 2.45) is 0 Å². The van der Waals surface area contributed by atoms with E-state index in [1.165, 1.54) is 11.3 Å². The van der Waals surface area contributed by atoms with Gasteiger partial charge in [-0.3, -0.25) is 0 Å². The van der Waals surface area contributed by atoms with E-state index in [4.69, 9.17) is 4.74 Å². The molecule has 0 fully saturated rings. The lowest BCUT2D eigenvalue weighted by Crippen LogP contribution is -2.37. The standard InChI is InChI=1S/C17H21NO/c1-4-18(16-8-6-5-7-9-16)15(3)19-17-12-10-14(2)11-13-17/h5-13,15H,4H2,1-3H3. The van der Waals surface area contributed by atoms with Crippen LogP contribution in [0.2, 0.25) is 0 Å². The molecule has 0 aliphatic rings. The van der Waals surface area contributed by atoms with Crippen LogP contribution in [0, 0.1) is 6.92 Å². The molecular weight excluding hydrogens is 234 g/mol. The predicted octanol–water partition coefficient (Wildman–Crippen LogP) is 4.25. The van der Waals surface area contributed by atoms with Crippen LogP contribution < -0.4 is 9.64 Å². The molecule has 0 spiro atoms. The Balaban J connectivity index is 2.09. The lowest BCUT2D eigenvalue weighted by atomic mass is 10.2. The van der Waals surface area contributed by atoms with E-state index in [9.17, 15) is 0 Å². The topological polar surface area (TPSA) is 12.5 Å². The number of hydrogen-bond donors (Lipinski definition) is 0. The van der Waals surface area contributed by atoms with Crippen LogP contribution in [0.1, 0.15) is 19.4 Å². The largest absolute Gasteiger partial charge is 0.471 e. The minimum absolute atomic E-state index is 0.00936. The van der Waals surface area contributed by atoms with Crippen LogP contribution in [0.25, 0.3) is 0 Å². The maximum Gasteiger partial charge on any atom is 0.169 e. The summed E-state index contributed by atoms with van der Waals surface area (Å²) in [4.78, 5) is 2.24. The van der Waals surface area contributed by atoms with Gasteiger partial charge in [0.05, 0.1) is 0 Å². The maximum absolute atomic E-state index is 6.00. The van der Waals surface area contributed by atoms with Crippen molar-refractivity contribution >= 4 is 5.69 Å². The summed E-state index contributed by atoms with van der Waals surface area (Å²) in [5, 5.41) is 0. The minimum Gasteiger partial charge on any atom is -0.471 e. The van der Waals surface area contributed by atoms with Gasteiger partial charge in [-0.15, -0.1) is 0 Å². The first-order chi connectivity index (χ1) is 9.20. The smallest absolute Gasteiger partial charge is 0.169 e. The molecule has 0 heterocycles. The van der Waals surface area contributed by atoms with Crippen molar-refractivity contribution in [1.82, 2.24) is 0 Å². The molecule has 2 aromatic carbocycles. The van der Waals surface area contributed by atoms with Crippen molar-refractivity contribution in [3.63, 3.8) is 0 Å². The van der Waals surface area contributed by atoms with Crippen LogP contribution in [-0.4, -0.2) is 12.8 Å². The summed E-state index contributed by atoms with van der Waals surface area (Å²) in [6.07, 6.45) is 0.00936. The van der Waals surface area contributed by atoms with Crippen LogP contribution in [-0.2, 0) is 0 Å². The first kappa shape index (κ1) is 13.5. The Kier molecular flexibility index (Phi) is 4.45. The summed E-state index contributed by atoms with van der Waals surface area (Å²) in [5.41, 5.74) is 2.43. The van der Waals surface area contributed by atoms with Crippen molar-refractivity contribution in [3.05, 3.63) is 60.2 Å². The number of rotatable bonds is 5. The second kappa shape index (κ2) is 6.28. The van der Waals surface area contributed by atoms with Gasteiger partial charge in [0, 0.05) is 12.2 Å². The fourth-order valence-electron chi connectivity index (χ4n) is 2.15. The Morgan fingerprint density at radius 3 is 2.21 bits per heavy atom. The molecule has 0 radical (unpaired) electrons. The molecule has 19 heavy (non-hydrogen) atoms.